The molecular weight excluding hydrogens is 406 g/mol. The lowest BCUT2D eigenvalue weighted by molar-refractivity contribution is 0.102. The first-order chi connectivity index (χ1) is 14.6. The van der Waals surface area contributed by atoms with Crippen LogP contribution in [-0.2, 0) is 6.54 Å². The van der Waals surface area contributed by atoms with Crippen molar-refractivity contribution >= 4 is 23.2 Å². The number of carbonyl (C=O) groups is 1. The van der Waals surface area contributed by atoms with Crippen LogP contribution >= 0.6 is 11.6 Å². The Bertz CT molecular complexity index is 1230. The molecule has 0 atom stereocenters. The molecule has 4 aromatic rings. The van der Waals surface area contributed by atoms with E-state index in [0.29, 0.717) is 40.1 Å². The summed E-state index contributed by atoms with van der Waals surface area (Å²) in [4.78, 5) is 12.7. The molecule has 2 aromatic heterocycles. The predicted octanol–water partition coefficient (Wildman–Crippen LogP) is 3.96. The number of carbonyl (C=O) groups excluding carboxylic acids is 1. The van der Waals surface area contributed by atoms with Crippen LogP contribution in [0.4, 0.5) is 5.69 Å². The molecule has 150 valence electrons. The first kappa shape index (κ1) is 18.3. The van der Waals surface area contributed by atoms with Gasteiger partial charge in [-0.3, -0.25) is 14.6 Å². The lowest BCUT2D eigenvalue weighted by Gasteiger charge is -2.07. The summed E-state index contributed by atoms with van der Waals surface area (Å²) in [6.45, 7) is 0.758. The van der Waals surface area contributed by atoms with E-state index in [0.717, 1.165) is 11.1 Å². The molecule has 0 aliphatic carbocycles. The van der Waals surface area contributed by atoms with Gasteiger partial charge in [-0.25, -0.2) is 0 Å². The number of anilines is 1. The van der Waals surface area contributed by atoms with E-state index in [9.17, 15) is 4.79 Å². The summed E-state index contributed by atoms with van der Waals surface area (Å²) >= 11 is 5.91. The molecule has 0 saturated heterocycles. The largest absolute Gasteiger partial charge is 0.454 e. The van der Waals surface area contributed by atoms with E-state index >= 15 is 0 Å². The number of amides is 1. The van der Waals surface area contributed by atoms with E-state index in [2.05, 4.69) is 20.6 Å². The normalized spacial score (nSPS) is 12.2. The average molecular weight is 422 g/mol. The number of aromatic amines is 1. The number of nitrogens with zero attached hydrogens (tertiary/aromatic N) is 3. The van der Waals surface area contributed by atoms with Gasteiger partial charge in [-0.2, -0.15) is 10.2 Å². The van der Waals surface area contributed by atoms with Crippen molar-refractivity contribution in [3.63, 3.8) is 0 Å². The summed E-state index contributed by atoms with van der Waals surface area (Å²) < 4.78 is 12.4. The molecule has 9 heteroatoms. The number of ether oxygens (including phenoxy) is 2. The minimum absolute atomic E-state index is 0.208. The van der Waals surface area contributed by atoms with Gasteiger partial charge in [0.15, 0.2) is 11.5 Å². The Hall–Kier alpha value is -3.78. The third kappa shape index (κ3) is 3.72. The second-order valence-corrected chi connectivity index (χ2v) is 7.18. The highest BCUT2D eigenvalue weighted by Gasteiger charge is 2.16. The monoisotopic (exact) mass is 421 g/mol. The molecule has 1 aliphatic rings. The van der Waals surface area contributed by atoms with Crippen LogP contribution in [0.15, 0.2) is 60.9 Å². The highest BCUT2D eigenvalue weighted by molar-refractivity contribution is 6.30. The van der Waals surface area contributed by atoms with Crippen molar-refractivity contribution in [2.75, 3.05) is 12.1 Å². The summed E-state index contributed by atoms with van der Waals surface area (Å²) in [6.07, 6.45) is 3.33. The quantitative estimate of drug-likeness (QED) is 0.508. The number of rotatable bonds is 5. The maximum atomic E-state index is 12.7. The Labute approximate surface area is 176 Å². The third-order valence-corrected chi connectivity index (χ3v) is 4.82. The van der Waals surface area contributed by atoms with Gasteiger partial charge < -0.3 is 14.8 Å². The average Bonchev–Trinajstić information content (AvgIpc) is 3.48. The second kappa shape index (κ2) is 7.57. The highest BCUT2D eigenvalue weighted by atomic mass is 35.5. The van der Waals surface area contributed by atoms with Crippen LogP contribution in [0.3, 0.4) is 0 Å². The molecule has 0 bridgehead atoms. The SMILES string of the molecule is O=C(Nc1cccc(Cn2cc(Cl)cn2)c1)c1cc(-c2ccc3c(c2)OCO3)n[nH]1. The summed E-state index contributed by atoms with van der Waals surface area (Å²) in [5, 5.41) is 14.7. The molecule has 0 radical (unpaired) electrons. The van der Waals surface area contributed by atoms with Crippen molar-refractivity contribution in [3.05, 3.63) is 77.2 Å². The van der Waals surface area contributed by atoms with Crippen LogP contribution in [-0.4, -0.2) is 32.7 Å². The number of fused-ring (bicyclic) bond motifs is 1. The Balaban J connectivity index is 1.30. The summed E-state index contributed by atoms with van der Waals surface area (Å²) in [5.41, 5.74) is 3.48. The van der Waals surface area contributed by atoms with Gasteiger partial charge in [-0.15, -0.1) is 0 Å². The number of halogens is 1. The van der Waals surface area contributed by atoms with Crippen molar-refractivity contribution in [3.8, 4) is 22.8 Å². The fourth-order valence-corrected chi connectivity index (χ4v) is 3.36. The molecule has 0 fully saturated rings. The van der Waals surface area contributed by atoms with Gasteiger partial charge in [0.05, 0.1) is 23.5 Å². The molecule has 2 aromatic carbocycles. The number of hydrogen-bond acceptors (Lipinski definition) is 5. The van der Waals surface area contributed by atoms with Crippen LogP contribution < -0.4 is 14.8 Å². The van der Waals surface area contributed by atoms with E-state index in [4.69, 9.17) is 21.1 Å². The molecule has 2 N–H and O–H groups in total. The van der Waals surface area contributed by atoms with Crippen molar-refractivity contribution in [2.24, 2.45) is 0 Å². The van der Waals surface area contributed by atoms with Gasteiger partial charge >= 0.3 is 0 Å². The number of benzene rings is 2. The van der Waals surface area contributed by atoms with Crippen molar-refractivity contribution in [1.82, 2.24) is 20.0 Å². The number of nitrogens with one attached hydrogen (secondary N) is 2. The number of H-pyrrole nitrogens is 1. The lowest BCUT2D eigenvalue weighted by atomic mass is 10.1. The minimum atomic E-state index is -0.284. The van der Waals surface area contributed by atoms with Gasteiger partial charge in [-0.1, -0.05) is 23.7 Å². The molecule has 0 spiro atoms. The molecule has 30 heavy (non-hydrogen) atoms. The van der Waals surface area contributed by atoms with Crippen LogP contribution in [0.1, 0.15) is 16.1 Å². The predicted molar refractivity (Wildman–Crippen MR) is 111 cm³/mol. The molecule has 8 nitrogen and oxygen atoms in total. The van der Waals surface area contributed by atoms with E-state index in [1.54, 1.807) is 23.1 Å². The topological polar surface area (TPSA) is 94.1 Å². The van der Waals surface area contributed by atoms with Crippen LogP contribution in [0.2, 0.25) is 5.02 Å². The van der Waals surface area contributed by atoms with Crippen LogP contribution in [0.5, 0.6) is 11.5 Å². The van der Waals surface area contributed by atoms with Crippen molar-refractivity contribution in [1.29, 1.82) is 0 Å². The maximum Gasteiger partial charge on any atom is 0.273 e. The summed E-state index contributed by atoms with van der Waals surface area (Å²) in [6, 6.07) is 14.8. The molecule has 3 heterocycles. The summed E-state index contributed by atoms with van der Waals surface area (Å²) in [7, 11) is 0. The van der Waals surface area contributed by atoms with Crippen molar-refractivity contribution < 1.29 is 14.3 Å². The maximum absolute atomic E-state index is 12.7. The molecule has 1 aliphatic heterocycles. The standard InChI is InChI=1S/C21H16ClN5O3/c22-15-9-23-27(11-15)10-13-2-1-3-16(6-13)24-21(28)18-8-17(25-26-18)14-4-5-19-20(7-14)30-12-29-19/h1-9,11H,10,12H2,(H,24,28)(H,25,26). The van der Waals surface area contributed by atoms with E-state index < -0.39 is 0 Å². The fourth-order valence-electron chi connectivity index (χ4n) is 3.20. The molecule has 0 saturated carbocycles. The molecule has 1 amide bonds. The lowest BCUT2D eigenvalue weighted by Crippen LogP contribution is -2.12. The Morgan fingerprint density at radius 1 is 1.17 bits per heavy atom. The Kier molecular flexibility index (Phi) is 4.61. The Morgan fingerprint density at radius 3 is 2.93 bits per heavy atom. The van der Waals surface area contributed by atoms with Crippen molar-refractivity contribution in [2.45, 2.75) is 6.54 Å². The zero-order valence-electron chi connectivity index (χ0n) is 15.6. The minimum Gasteiger partial charge on any atom is -0.454 e. The van der Waals surface area contributed by atoms with Crippen LogP contribution in [0, 0.1) is 0 Å². The van der Waals surface area contributed by atoms with E-state index in [1.165, 1.54) is 0 Å². The molecule has 0 unspecified atom stereocenters. The highest BCUT2D eigenvalue weighted by Crippen LogP contribution is 2.35. The zero-order chi connectivity index (χ0) is 20.5. The second-order valence-electron chi connectivity index (χ2n) is 6.75. The van der Waals surface area contributed by atoms with Crippen LogP contribution in [0.25, 0.3) is 11.3 Å². The summed E-state index contributed by atoms with van der Waals surface area (Å²) in [5.74, 6) is 1.08. The van der Waals surface area contributed by atoms with Gasteiger partial charge in [0.25, 0.3) is 5.91 Å². The first-order valence-electron chi connectivity index (χ1n) is 9.18. The van der Waals surface area contributed by atoms with E-state index in [1.807, 2.05) is 42.5 Å². The number of hydrogen-bond donors (Lipinski definition) is 2. The third-order valence-electron chi connectivity index (χ3n) is 4.62. The van der Waals surface area contributed by atoms with Gasteiger partial charge in [-0.05, 0) is 42.0 Å². The van der Waals surface area contributed by atoms with Gasteiger partial charge in [0.1, 0.15) is 5.69 Å². The number of aromatic nitrogens is 4. The fraction of sp³-hybridized carbons (Fsp3) is 0.0952. The molecular formula is C21H16ClN5O3. The van der Waals surface area contributed by atoms with Gasteiger partial charge in [0.2, 0.25) is 6.79 Å². The Morgan fingerprint density at radius 2 is 2.07 bits per heavy atom. The first-order valence-corrected chi connectivity index (χ1v) is 9.55. The van der Waals surface area contributed by atoms with E-state index in [-0.39, 0.29) is 12.7 Å². The zero-order valence-corrected chi connectivity index (χ0v) is 16.4. The molecule has 5 rings (SSSR count). The van der Waals surface area contributed by atoms with Gasteiger partial charge in [0, 0.05) is 17.4 Å². The smallest absolute Gasteiger partial charge is 0.273 e.